The second kappa shape index (κ2) is 6.68. The van der Waals surface area contributed by atoms with Crippen LogP contribution in [0.25, 0.3) is 34.2 Å². The van der Waals surface area contributed by atoms with Crippen molar-refractivity contribution >= 4 is 11.7 Å². The molecule has 140 valence electrons. The topological polar surface area (TPSA) is 104 Å². The van der Waals surface area contributed by atoms with E-state index in [1.165, 1.54) is 16.7 Å². The maximum absolute atomic E-state index is 13.1. The molecule has 0 amide bonds. The highest BCUT2D eigenvalue weighted by atomic mass is 16.1. The molecule has 0 spiro atoms. The van der Waals surface area contributed by atoms with Gasteiger partial charge in [0.2, 0.25) is 11.7 Å². The molecule has 0 atom stereocenters. The van der Waals surface area contributed by atoms with E-state index in [1.807, 2.05) is 60.7 Å². The van der Waals surface area contributed by atoms with E-state index in [9.17, 15) is 4.79 Å². The average Bonchev–Trinajstić information content (AvgIpc) is 3.15. The van der Waals surface area contributed by atoms with Crippen LogP contribution in [0, 0.1) is 0 Å². The van der Waals surface area contributed by atoms with Gasteiger partial charge in [0, 0.05) is 17.8 Å². The number of anilines is 1. The van der Waals surface area contributed by atoms with E-state index in [-0.39, 0.29) is 11.5 Å². The van der Waals surface area contributed by atoms with Gasteiger partial charge in [-0.15, -0.1) is 5.10 Å². The Bertz CT molecular complexity index is 1380. The van der Waals surface area contributed by atoms with Gasteiger partial charge in [-0.05, 0) is 18.2 Å². The number of nitrogen functional groups attached to an aromatic ring is 1. The van der Waals surface area contributed by atoms with Gasteiger partial charge >= 0.3 is 0 Å². The van der Waals surface area contributed by atoms with Crippen molar-refractivity contribution in [3.05, 3.63) is 89.3 Å². The van der Waals surface area contributed by atoms with Crippen LogP contribution in [0.1, 0.15) is 0 Å². The summed E-state index contributed by atoms with van der Waals surface area (Å²) >= 11 is 0. The number of aromatic nitrogens is 6. The fraction of sp³-hybridized carbons (Fsp3) is 0. The van der Waals surface area contributed by atoms with E-state index in [1.54, 1.807) is 10.7 Å². The molecule has 0 fully saturated rings. The summed E-state index contributed by atoms with van der Waals surface area (Å²) in [6.45, 7) is 0. The standard InChI is InChI=1S/C21H15N7O/c22-20-23-12-11-16(24-20)19-26-28(15-9-5-2-6-10-15)21-25-17(13-18(29)27(19)21)14-7-3-1-4-8-14/h1-13H,(H2,22,23,24). The Hall–Kier alpha value is -4.33. The van der Waals surface area contributed by atoms with E-state index < -0.39 is 0 Å². The fourth-order valence-corrected chi connectivity index (χ4v) is 3.16. The van der Waals surface area contributed by atoms with Crippen LogP contribution in [-0.4, -0.2) is 29.1 Å². The molecule has 5 rings (SSSR count). The van der Waals surface area contributed by atoms with Crippen LogP contribution < -0.4 is 11.3 Å². The molecule has 0 bridgehead atoms. The lowest BCUT2D eigenvalue weighted by atomic mass is 10.1. The van der Waals surface area contributed by atoms with Crippen molar-refractivity contribution in [1.82, 2.24) is 29.1 Å². The molecule has 3 heterocycles. The number of nitrogens with two attached hydrogens (primary N) is 1. The predicted molar refractivity (Wildman–Crippen MR) is 109 cm³/mol. The number of hydrogen-bond acceptors (Lipinski definition) is 6. The molecule has 0 radical (unpaired) electrons. The first-order chi connectivity index (χ1) is 14.2. The zero-order valence-corrected chi connectivity index (χ0v) is 15.2. The molecule has 29 heavy (non-hydrogen) atoms. The first kappa shape index (κ1) is 16.8. The van der Waals surface area contributed by atoms with Gasteiger partial charge < -0.3 is 5.73 Å². The largest absolute Gasteiger partial charge is 0.368 e. The summed E-state index contributed by atoms with van der Waals surface area (Å²) in [6, 6.07) is 22.2. The number of fused-ring (bicyclic) bond motifs is 1. The molecule has 5 aromatic rings. The summed E-state index contributed by atoms with van der Waals surface area (Å²) < 4.78 is 3.06. The lowest BCUT2D eigenvalue weighted by Gasteiger charge is -2.04. The van der Waals surface area contributed by atoms with Crippen molar-refractivity contribution < 1.29 is 0 Å². The Morgan fingerprint density at radius 2 is 1.55 bits per heavy atom. The summed E-state index contributed by atoms with van der Waals surface area (Å²) in [7, 11) is 0. The van der Waals surface area contributed by atoms with E-state index in [4.69, 9.17) is 10.7 Å². The van der Waals surface area contributed by atoms with Gasteiger partial charge in [-0.1, -0.05) is 48.5 Å². The average molecular weight is 381 g/mol. The minimum Gasteiger partial charge on any atom is -0.368 e. The molecule has 8 heteroatoms. The second-order valence-electron chi connectivity index (χ2n) is 6.35. The molecule has 8 nitrogen and oxygen atoms in total. The van der Waals surface area contributed by atoms with E-state index >= 15 is 0 Å². The Labute approximate surface area is 164 Å². The third-order valence-electron chi connectivity index (χ3n) is 4.47. The molecule has 3 aromatic heterocycles. The van der Waals surface area contributed by atoms with Crippen LogP contribution in [0.5, 0.6) is 0 Å². The lowest BCUT2D eigenvalue weighted by molar-refractivity contribution is 0.897. The Morgan fingerprint density at radius 1 is 0.828 bits per heavy atom. The van der Waals surface area contributed by atoms with Crippen LogP contribution in [0.2, 0.25) is 0 Å². The Kier molecular flexibility index (Phi) is 3.87. The highest BCUT2D eigenvalue weighted by Gasteiger charge is 2.19. The van der Waals surface area contributed by atoms with E-state index in [0.717, 1.165) is 11.3 Å². The maximum atomic E-state index is 13.1. The zero-order valence-electron chi connectivity index (χ0n) is 15.2. The van der Waals surface area contributed by atoms with Crippen molar-refractivity contribution in [2.45, 2.75) is 0 Å². The lowest BCUT2D eigenvalue weighted by Crippen LogP contribution is -2.15. The minimum absolute atomic E-state index is 0.104. The van der Waals surface area contributed by atoms with Crippen LogP contribution in [0.4, 0.5) is 5.95 Å². The van der Waals surface area contributed by atoms with Gasteiger partial charge in [0.1, 0.15) is 5.69 Å². The van der Waals surface area contributed by atoms with Crippen LogP contribution in [0.15, 0.2) is 83.8 Å². The summed E-state index contributed by atoms with van der Waals surface area (Å²) in [6.07, 6.45) is 1.53. The Balaban J connectivity index is 1.85. The SMILES string of the molecule is Nc1nccc(-c2nn(-c3ccccc3)c3nc(-c4ccccc4)cc(=O)n23)n1. The van der Waals surface area contributed by atoms with Crippen molar-refractivity contribution in [2.24, 2.45) is 0 Å². The number of nitrogens with zero attached hydrogens (tertiary/aromatic N) is 6. The summed E-state index contributed by atoms with van der Waals surface area (Å²) in [4.78, 5) is 26.0. The highest BCUT2D eigenvalue weighted by Crippen LogP contribution is 2.22. The van der Waals surface area contributed by atoms with Crippen molar-refractivity contribution in [3.8, 4) is 28.5 Å². The first-order valence-corrected chi connectivity index (χ1v) is 8.93. The fourth-order valence-electron chi connectivity index (χ4n) is 3.16. The first-order valence-electron chi connectivity index (χ1n) is 8.93. The number of para-hydroxylation sites is 1. The third-order valence-corrected chi connectivity index (χ3v) is 4.47. The van der Waals surface area contributed by atoms with Crippen LogP contribution in [-0.2, 0) is 0 Å². The second-order valence-corrected chi connectivity index (χ2v) is 6.35. The van der Waals surface area contributed by atoms with Gasteiger partial charge in [0.25, 0.3) is 5.56 Å². The number of hydrogen-bond donors (Lipinski definition) is 1. The maximum Gasteiger partial charge on any atom is 0.261 e. The normalized spacial score (nSPS) is 11.0. The van der Waals surface area contributed by atoms with Gasteiger partial charge in [0.15, 0.2) is 5.82 Å². The molecule has 0 saturated carbocycles. The van der Waals surface area contributed by atoms with Gasteiger partial charge in [0.05, 0.1) is 11.4 Å². The molecular weight excluding hydrogens is 366 g/mol. The van der Waals surface area contributed by atoms with Crippen LogP contribution in [0.3, 0.4) is 0 Å². The minimum atomic E-state index is -0.261. The van der Waals surface area contributed by atoms with Crippen molar-refractivity contribution in [3.63, 3.8) is 0 Å². The van der Waals surface area contributed by atoms with Crippen molar-refractivity contribution in [2.75, 3.05) is 5.73 Å². The smallest absolute Gasteiger partial charge is 0.261 e. The van der Waals surface area contributed by atoms with Gasteiger partial charge in [-0.2, -0.15) is 4.68 Å². The highest BCUT2D eigenvalue weighted by molar-refractivity contribution is 5.63. The molecule has 0 unspecified atom stereocenters. The van der Waals surface area contributed by atoms with Crippen LogP contribution >= 0.6 is 0 Å². The van der Waals surface area contributed by atoms with Gasteiger partial charge in [-0.3, -0.25) is 4.79 Å². The number of benzene rings is 2. The molecule has 0 aliphatic carbocycles. The van der Waals surface area contributed by atoms with E-state index in [2.05, 4.69) is 15.1 Å². The third kappa shape index (κ3) is 2.92. The Morgan fingerprint density at radius 3 is 2.28 bits per heavy atom. The number of rotatable bonds is 3. The molecule has 2 N–H and O–H groups in total. The summed E-state index contributed by atoms with van der Waals surface area (Å²) in [5.41, 5.74) is 8.11. The zero-order chi connectivity index (χ0) is 19.8. The molecular formula is C21H15N7O. The molecule has 2 aromatic carbocycles. The molecule has 0 aliphatic heterocycles. The molecule has 0 saturated heterocycles. The van der Waals surface area contributed by atoms with Crippen molar-refractivity contribution in [1.29, 1.82) is 0 Å². The predicted octanol–water partition coefficient (Wildman–Crippen LogP) is 2.59. The summed E-state index contributed by atoms with van der Waals surface area (Å²) in [5, 5.41) is 4.64. The van der Waals surface area contributed by atoms with Gasteiger partial charge in [-0.25, -0.2) is 19.4 Å². The molecule has 0 aliphatic rings. The quantitative estimate of drug-likeness (QED) is 0.515. The summed E-state index contributed by atoms with van der Waals surface area (Å²) in [5.74, 6) is 0.830. The monoisotopic (exact) mass is 381 g/mol. The van der Waals surface area contributed by atoms with E-state index in [0.29, 0.717) is 23.0 Å².